The van der Waals surface area contributed by atoms with Crippen LogP contribution in [0.5, 0.6) is 0 Å². The van der Waals surface area contributed by atoms with Crippen LogP contribution in [0.4, 0.5) is 0 Å². The Bertz CT molecular complexity index is 2420. The van der Waals surface area contributed by atoms with Crippen molar-refractivity contribution in [2.45, 2.75) is 104 Å². The molecule has 0 aliphatic heterocycles. The summed E-state index contributed by atoms with van der Waals surface area (Å²) in [6, 6.07) is 40.4. The molecule has 0 N–H and O–H groups in total. The zero-order valence-electron chi connectivity index (χ0n) is 33.4. The van der Waals surface area contributed by atoms with Gasteiger partial charge in [-0.15, -0.1) is 11.3 Å². The summed E-state index contributed by atoms with van der Waals surface area (Å²) < 4.78 is 9.75. The first-order chi connectivity index (χ1) is 27.7. The Morgan fingerprint density at radius 2 is 1.00 bits per heavy atom. The van der Waals surface area contributed by atoms with E-state index in [0.717, 1.165) is 24.0 Å². The van der Waals surface area contributed by atoms with Crippen molar-refractivity contribution in [2.75, 3.05) is 0 Å². The highest BCUT2D eigenvalue weighted by molar-refractivity contribution is 7.26. The first-order valence-corrected chi connectivity index (χ1v) is 22.3. The zero-order chi connectivity index (χ0) is 38.1. The molecular weight excluding hydrogens is 697 g/mol. The smallest absolute Gasteiger partial charge is 0.143 e. The van der Waals surface area contributed by atoms with Crippen LogP contribution in [-0.2, 0) is 12.8 Å². The van der Waals surface area contributed by atoms with Gasteiger partial charge in [0.1, 0.15) is 11.2 Å². The molecule has 0 saturated carbocycles. The Morgan fingerprint density at radius 1 is 0.464 bits per heavy atom. The average Bonchev–Trinajstić information content (AvgIpc) is 3.79. The lowest BCUT2D eigenvalue weighted by Gasteiger charge is -2.10. The van der Waals surface area contributed by atoms with E-state index in [-0.39, 0.29) is 0 Å². The molecule has 0 atom stereocenters. The number of unbranched alkanes of at least 4 members (excludes halogenated alkanes) is 10. The minimum absolute atomic E-state index is 0.986. The van der Waals surface area contributed by atoms with E-state index >= 15 is 0 Å². The fourth-order valence-electron chi connectivity index (χ4n) is 8.51. The fourth-order valence-corrected chi connectivity index (χ4v) is 9.83. The molecule has 8 aromatic rings. The summed E-state index contributed by atoms with van der Waals surface area (Å²) in [5.41, 5.74) is 9.61. The van der Waals surface area contributed by atoms with Crippen molar-refractivity contribution in [1.82, 2.24) is 0 Å². The highest BCUT2D eigenvalue weighted by atomic mass is 32.1. The highest BCUT2D eigenvalue weighted by Crippen LogP contribution is 2.47. The number of fused-ring (bicyclic) bond motifs is 9. The van der Waals surface area contributed by atoms with Crippen molar-refractivity contribution < 1.29 is 4.42 Å². The lowest BCUT2D eigenvalue weighted by molar-refractivity contribution is 0.607. The van der Waals surface area contributed by atoms with Gasteiger partial charge in [-0.3, -0.25) is 0 Å². The molecule has 56 heavy (non-hydrogen) atoms. The molecule has 0 fully saturated rings. The molecule has 0 unspecified atom stereocenters. The third-order valence-electron chi connectivity index (χ3n) is 11.6. The third-order valence-corrected chi connectivity index (χ3v) is 12.8. The molecule has 0 radical (unpaired) electrons. The van der Waals surface area contributed by atoms with Gasteiger partial charge >= 0.3 is 0 Å². The maximum atomic E-state index is 7.04. The predicted molar refractivity (Wildman–Crippen MR) is 249 cm³/mol. The van der Waals surface area contributed by atoms with Gasteiger partial charge in [-0.1, -0.05) is 187 Å². The van der Waals surface area contributed by atoms with Crippen LogP contribution >= 0.6 is 11.3 Å². The van der Waals surface area contributed by atoms with Crippen molar-refractivity contribution in [3.63, 3.8) is 0 Å². The van der Waals surface area contributed by atoms with Gasteiger partial charge < -0.3 is 4.42 Å². The van der Waals surface area contributed by atoms with Gasteiger partial charge in [0, 0.05) is 41.7 Å². The first-order valence-electron chi connectivity index (χ1n) is 21.5. The van der Waals surface area contributed by atoms with E-state index in [0.29, 0.717) is 0 Å². The predicted octanol–water partition coefficient (Wildman–Crippen LogP) is 17.3. The second-order valence-electron chi connectivity index (χ2n) is 15.8. The number of thiophene rings is 1. The largest absolute Gasteiger partial charge is 0.455 e. The van der Waals surface area contributed by atoms with Gasteiger partial charge in [0.05, 0.1) is 0 Å². The van der Waals surface area contributed by atoms with Crippen LogP contribution in [-0.4, -0.2) is 0 Å². The van der Waals surface area contributed by atoms with E-state index in [2.05, 4.69) is 147 Å². The van der Waals surface area contributed by atoms with Crippen LogP contribution in [0, 0.1) is 0 Å². The average molecular weight is 753 g/mol. The molecule has 0 bridgehead atoms. The molecule has 2 heterocycles. The molecule has 0 amide bonds. The van der Waals surface area contributed by atoms with Gasteiger partial charge in [-0.2, -0.15) is 0 Å². The molecule has 8 rings (SSSR count). The zero-order valence-corrected chi connectivity index (χ0v) is 34.2. The number of hydrogen-bond donors (Lipinski definition) is 0. The number of hydrogen-bond acceptors (Lipinski definition) is 2. The van der Waals surface area contributed by atoms with E-state index < -0.39 is 0 Å². The summed E-state index contributed by atoms with van der Waals surface area (Å²) in [6.45, 7) is 4.58. The molecule has 0 saturated heterocycles. The Balaban J connectivity index is 1.30. The van der Waals surface area contributed by atoms with Crippen LogP contribution < -0.4 is 0 Å². The number of aryl methyl sites for hydroxylation is 2. The third kappa shape index (κ3) is 8.57. The molecule has 2 heteroatoms. The molecule has 0 spiro atoms. The van der Waals surface area contributed by atoms with E-state index in [4.69, 9.17) is 4.42 Å². The van der Waals surface area contributed by atoms with Crippen LogP contribution in [0.2, 0.25) is 0 Å². The Hall–Kier alpha value is -4.92. The van der Waals surface area contributed by atoms with Gasteiger partial charge in [0.15, 0.2) is 0 Å². The van der Waals surface area contributed by atoms with Crippen molar-refractivity contribution in [3.05, 3.63) is 143 Å². The Labute approximate surface area is 337 Å². The SMILES string of the molecule is CCCCCCCCc1ccc2c(c1)oc1c2cc(/C=C/c2ccccc2)c2c3sc4cc(CCCCCCCC)ccc4c3cc(/C=C/c3ccccc3)c12. The quantitative estimate of drug-likeness (QED) is 0.0628. The first kappa shape index (κ1) is 38.0. The summed E-state index contributed by atoms with van der Waals surface area (Å²) in [5, 5.41) is 7.51. The highest BCUT2D eigenvalue weighted by Gasteiger charge is 2.20. The molecule has 284 valence electrons. The van der Waals surface area contributed by atoms with E-state index in [1.54, 1.807) is 0 Å². The minimum atomic E-state index is 0.986. The molecule has 2 aromatic heterocycles. The maximum Gasteiger partial charge on any atom is 0.143 e. The van der Waals surface area contributed by atoms with E-state index in [1.807, 2.05) is 11.3 Å². The maximum absolute atomic E-state index is 7.04. The number of benzene rings is 6. The Morgan fingerprint density at radius 3 is 1.62 bits per heavy atom. The van der Waals surface area contributed by atoms with Crippen LogP contribution in [0.15, 0.2) is 114 Å². The number of rotatable bonds is 18. The summed E-state index contributed by atoms with van der Waals surface area (Å²) in [6.07, 6.45) is 27.2. The summed E-state index contributed by atoms with van der Waals surface area (Å²) >= 11 is 1.95. The number of furan rings is 1. The van der Waals surface area contributed by atoms with Crippen LogP contribution in [0.1, 0.15) is 124 Å². The molecule has 6 aromatic carbocycles. The minimum Gasteiger partial charge on any atom is -0.455 e. The molecular formula is C54H56OS. The van der Waals surface area contributed by atoms with Crippen LogP contribution in [0.25, 0.3) is 77.2 Å². The normalized spacial score (nSPS) is 12.2. The van der Waals surface area contributed by atoms with Crippen molar-refractivity contribution >= 4 is 88.5 Å². The standard InChI is InChI=1S/C54H56OS/c1-3-5-7-9-11-15-25-41-29-33-45-47-37-44(32-28-40-23-19-14-20-24-40)52-51(53(47)55-49(45)35-41)43(31-27-39-21-17-13-18-22-39)38-48-46-34-30-42(36-50(46)56-54(48)52)26-16-12-10-8-6-4-2/h13-14,17-24,27-38H,3-12,15-16,25-26H2,1-2H3/b31-27+,32-28+. The van der Waals surface area contributed by atoms with Crippen molar-refractivity contribution in [3.8, 4) is 0 Å². The lowest BCUT2D eigenvalue weighted by atomic mass is 9.93. The second kappa shape index (κ2) is 18.4. The van der Waals surface area contributed by atoms with E-state index in [9.17, 15) is 0 Å². The lowest BCUT2D eigenvalue weighted by Crippen LogP contribution is -1.87. The molecule has 1 nitrogen and oxygen atoms in total. The molecule has 0 aliphatic carbocycles. The second-order valence-corrected chi connectivity index (χ2v) is 16.9. The van der Waals surface area contributed by atoms with Gasteiger partial charge in [0.25, 0.3) is 0 Å². The van der Waals surface area contributed by atoms with Gasteiger partial charge in [0.2, 0.25) is 0 Å². The summed E-state index contributed by atoms with van der Waals surface area (Å²) in [5.74, 6) is 0. The topological polar surface area (TPSA) is 13.1 Å². The molecule has 0 aliphatic rings. The summed E-state index contributed by atoms with van der Waals surface area (Å²) in [7, 11) is 0. The van der Waals surface area contributed by atoms with E-state index in [1.165, 1.54) is 152 Å². The fraction of sp³-hybridized carbons (Fsp3) is 0.296. The van der Waals surface area contributed by atoms with Crippen molar-refractivity contribution in [2.24, 2.45) is 0 Å². The van der Waals surface area contributed by atoms with Gasteiger partial charge in [-0.25, -0.2) is 0 Å². The Kier molecular flexibility index (Phi) is 12.4. The summed E-state index contributed by atoms with van der Waals surface area (Å²) in [4.78, 5) is 0. The monoisotopic (exact) mass is 752 g/mol. The van der Waals surface area contributed by atoms with Crippen molar-refractivity contribution in [1.29, 1.82) is 0 Å². The van der Waals surface area contributed by atoms with Gasteiger partial charge in [-0.05, 0) is 83.3 Å². The van der Waals surface area contributed by atoms with Crippen LogP contribution in [0.3, 0.4) is 0 Å².